The molecule has 0 aromatic heterocycles. The fraction of sp³-hybridized carbons (Fsp3) is 0.556. The molecule has 0 amide bonds. The molecule has 52 valence electrons. The Morgan fingerprint density at radius 3 is 2.11 bits per heavy atom. The van der Waals surface area contributed by atoms with Crippen molar-refractivity contribution in [1.82, 2.24) is 0 Å². The minimum absolute atomic E-state index is 1.13. The molecule has 0 heterocycles. The first kappa shape index (κ1) is 8.48. The van der Waals surface area contributed by atoms with E-state index >= 15 is 0 Å². The second-order valence-corrected chi connectivity index (χ2v) is 2.58. The van der Waals surface area contributed by atoms with Gasteiger partial charge < -0.3 is 0 Å². The van der Waals surface area contributed by atoms with E-state index in [-0.39, 0.29) is 0 Å². The van der Waals surface area contributed by atoms with Crippen molar-refractivity contribution in [3.63, 3.8) is 0 Å². The van der Waals surface area contributed by atoms with Gasteiger partial charge in [0.05, 0.1) is 0 Å². The quantitative estimate of drug-likeness (QED) is 0.495. The topological polar surface area (TPSA) is 0 Å². The Morgan fingerprint density at radius 2 is 1.78 bits per heavy atom. The lowest BCUT2D eigenvalue weighted by Crippen LogP contribution is -1.69. The summed E-state index contributed by atoms with van der Waals surface area (Å²) in [6.45, 7) is 8.53. The van der Waals surface area contributed by atoms with Crippen LogP contribution < -0.4 is 0 Å². The number of rotatable bonds is 2. The van der Waals surface area contributed by atoms with Crippen LogP contribution in [0.3, 0.4) is 0 Å². The lowest BCUT2D eigenvalue weighted by molar-refractivity contribution is 1.19. The van der Waals surface area contributed by atoms with Crippen molar-refractivity contribution in [1.29, 1.82) is 0 Å². The van der Waals surface area contributed by atoms with Crippen LogP contribution in [0.1, 0.15) is 34.1 Å². The second kappa shape index (κ2) is 4.37. The maximum atomic E-state index is 2.23. The lowest BCUT2D eigenvalue weighted by Gasteiger charge is -1.90. The predicted molar refractivity (Wildman–Crippen MR) is 43.5 cm³/mol. The zero-order chi connectivity index (χ0) is 7.28. The van der Waals surface area contributed by atoms with Gasteiger partial charge in [0, 0.05) is 0 Å². The van der Waals surface area contributed by atoms with Crippen LogP contribution in [-0.2, 0) is 0 Å². The Hall–Kier alpha value is -0.520. The smallest absolute Gasteiger partial charge is 0.0374 e. The minimum Gasteiger partial charge on any atom is -0.0819 e. The third-order valence-corrected chi connectivity index (χ3v) is 1.04. The van der Waals surface area contributed by atoms with E-state index < -0.39 is 0 Å². The molecular formula is C9H16. The van der Waals surface area contributed by atoms with Gasteiger partial charge in [-0.15, -0.1) is 0 Å². The number of hydrogen-bond acceptors (Lipinski definition) is 0. The summed E-state index contributed by atoms with van der Waals surface area (Å²) >= 11 is 0. The van der Waals surface area contributed by atoms with Crippen LogP contribution in [-0.4, -0.2) is 0 Å². The van der Waals surface area contributed by atoms with Gasteiger partial charge in [-0.3, -0.25) is 0 Å². The molecule has 0 rings (SSSR count). The van der Waals surface area contributed by atoms with Crippen LogP contribution in [0.25, 0.3) is 0 Å². The molecular weight excluding hydrogens is 108 g/mol. The largest absolute Gasteiger partial charge is 0.0819 e. The molecule has 0 aromatic carbocycles. The Bertz CT molecular complexity index is 123. The molecule has 0 aliphatic rings. The average molecular weight is 124 g/mol. The van der Waals surface area contributed by atoms with Crippen LogP contribution in [0.2, 0.25) is 0 Å². The molecule has 0 radical (unpaired) electrons. The maximum absolute atomic E-state index is 2.23. The maximum Gasteiger partial charge on any atom is -0.0374 e. The Labute approximate surface area is 58.3 Å². The van der Waals surface area contributed by atoms with Gasteiger partial charge in [-0.05, 0) is 27.2 Å². The van der Waals surface area contributed by atoms with Gasteiger partial charge in [-0.25, -0.2) is 0 Å². The molecule has 0 aromatic rings. The van der Waals surface area contributed by atoms with Gasteiger partial charge in [0.25, 0.3) is 0 Å². The molecule has 0 heteroatoms. The summed E-state index contributed by atoms with van der Waals surface area (Å²) in [5.41, 5.74) is 2.75. The Morgan fingerprint density at radius 1 is 1.22 bits per heavy atom. The lowest BCUT2D eigenvalue weighted by atomic mass is 10.2. The molecule has 0 nitrogen and oxygen atoms in total. The van der Waals surface area contributed by atoms with Crippen LogP contribution in [0.5, 0.6) is 0 Å². The summed E-state index contributed by atoms with van der Waals surface area (Å²) in [5, 5.41) is 0. The molecule has 0 unspecified atom stereocenters. The van der Waals surface area contributed by atoms with Gasteiger partial charge in [-0.1, -0.05) is 30.2 Å². The van der Waals surface area contributed by atoms with Crippen molar-refractivity contribution in [2.24, 2.45) is 0 Å². The van der Waals surface area contributed by atoms with Crippen molar-refractivity contribution in [3.05, 3.63) is 23.3 Å². The predicted octanol–water partition coefficient (Wildman–Crippen LogP) is 3.31. The Balaban J connectivity index is 3.90. The first-order valence-corrected chi connectivity index (χ1v) is 3.48. The SMILES string of the molecule is CCC=C(C)C=C(C)C. The van der Waals surface area contributed by atoms with Gasteiger partial charge in [0.2, 0.25) is 0 Å². The van der Waals surface area contributed by atoms with Crippen molar-refractivity contribution >= 4 is 0 Å². The van der Waals surface area contributed by atoms with Gasteiger partial charge >= 0.3 is 0 Å². The average Bonchev–Trinajstić information content (AvgIpc) is 1.63. The molecule has 0 aliphatic heterocycles. The third-order valence-electron chi connectivity index (χ3n) is 1.04. The van der Waals surface area contributed by atoms with Crippen molar-refractivity contribution in [2.45, 2.75) is 34.1 Å². The zero-order valence-electron chi connectivity index (χ0n) is 6.86. The summed E-state index contributed by atoms with van der Waals surface area (Å²) in [5.74, 6) is 0. The van der Waals surface area contributed by atoms with Crippen molar-refractivity contribution in [3.8, 4) is 0 Å². The first-order chi connectivity index (χ1) is 4.16. The van der Waals surface area contributed by atoms with Gasteiger partial charge in [0.15, 0.2) is 0 Å². The second-order valence-electron chi connectivity index (χ2n) is 2.58. The summed E-state index contributed by atoms with van der Waals surface area (Å²) in [6, 6.07) is 0. The van der Waals surface area contributed by atoms with Crippen molar-refractivity contribution < 1.29 is 0 Å². The summed E-state index contributed by atoms with van der Waals surface area (Å²) in [4.78, 5) is 0. The van der Waals surface area contributed by atoms with Crippen LogP contribution in [0, 0.1) is 0 Å². The highest BCUT2D eigenvalue weighted by molar-refractivity contribution is 5.18. The molecule has 0 aliphatic carbocycles. The normalized spacial score (nSPS) is 11.3. The van der Waals surface area contributed by atoms with Gasteiger partial charge in [-0.2, -0.15) is 0 Å². The standard InChI is InChI=1S/C9H16/c1-5-6-9(4)7-8(2)3/h6-7H,5H2,1-4H3. The summed E-state index contributed by atoms with van der Waals surface area (Å²) < 4.78 is 0. The van der Waals surface area contributed by atoms with E-state index in [9.17, 15) is 0 Å². The van der Waals surface area contributed by atoms with E-state index in [0.29, 0.717) is 0 Å². The molecule has 0 bridgehead atoms. The van der Waals surface area contributed by atoms with E-state index in [0.717, 1.165) is 6.42 Å². The van der Waals surface area contributed by atoms with E-state index in [1.54, 1.807) is 0 Å². The van der Waals surface area contributed by atoms with E-state index in [4.69, 9.17) is 0 Å². The van der Waals surface area contributed by atoms with Gasteiger partial charge in [0.1, 0.15) is 0 Å². The van der Waals surface area contributed by atoms with E-state index in [2.05, 4.69) is 39.8 Å². The van der Waals surface area contributed by atoms with Crippen LogP contribution in [0.4, 0.5) is 0 Å². The molecule has 9 heavy (non-hydrogen) atoms. The summed E-state index contributed by atoms with van der Waals surface area (Å²) in [7, 11) is 0. The van der Waals surface area contributed by atoms with Crippen molar-refractivity contribution in [2.75, 3.05) is 0 Å². The first-order valence-electron chi connectivity index (χ1n) is 3.48. The van der Waals surface area contributed by atoms with E-state index in [1.807, 2.05) is 0 Å². The zero-order valence-corrected chi connectivity index (χ0v) is 6.86. The number of hydrogen-bond donors (Lipinski definition) is 0. The van der Waals surface area contributed by atoms with E-state index in [1.165, 1.54) is 11.1 Å². The molecule has 0 N–H and O–H groups in total. The fourth-order valence-corrected chi connectivity index (χ4v) is 0.836. The Kier molecular flexibility index (Phi) is 4.12. The molecule has 0 spiro atoms. The highest BCUT2D eigenvalue weighted by Gasteiger charge is 1.79. The summed E-state index contributed by atoms with van der Waals surface area (Å²) in [6.07, 6.45) is 5.56. The number of allylic oxidation sites excluding steroid dienone is 4. The monoisotopic (exact) mass is 124 g/mol. The minimum atomic E-state index is 1.13. The molecule has 0 saturated carbocycles. The molecule has 0 saturated heterocycles. The third kappa shape index (κ3) is 5.35. The highest BCUT2D eigenvalue weighted by Crippen LogP contribution is 2.00. The molecule has 0 atom stereocenters. The highest BCUT2D eigenvalue weighted by atomic mass is 13.9. The van der Waals surface area contributed by atoms with Crippen LogP contribution >= 0.6 is 0 Å². The molecule has 0 fully saturated rings. The van der Waals surface area contributed by atoms with Crippen LogP contribution in [0.15, 0.2) is 23.3 Å². The fourth-order valence-electron chi connectivity index (χ4n) is 0.836.